The fourth-order valence-electron chi connectivity index (χ4n) is 1.85. The molecule has 0 saturated heterocycles. The smallest absolute Gasteiger partial charge is 0.410 e. The maximum atomic E-state index is 11.5. The third kappa shape index (κ3) is 8.29. The lowest BCUT2D eigenvalue weighted by Gasteiger charge is -2.06. The van der Waals surface area contributed by atoms with Crippen LogP contribution >= 0.6 is 0 Å². The lowest BCUT2D eigenvalue weighted by atomic mass is 10.1. The second-order valence-electron chi connectivity index (χ2n) is 4.85. The van der Waals surface area contributed by atoms with Gasteiger partial charge in [-0.05, 0) is 31.9 Å². The van der Waals surface area contributed by atoms with Crippen LogP contribution in [0.2, 0.25) is 0 Å². The topological polar surface area (TPSA) is 55.4 Å². The molecule has 0 aliphatic heterocycles. The molecule has 20 heavy (non-hydrogen) atoms. The molecule has 0 fully saturated rings. The fraction of sp³-hybridized carbons (Fsp3) is 0.500. The first-order chi connectivity index (χ1) is 9.68. The van der Waals surface area contributed by atoms with Crippen molar-refractivity contribution in [1.29, 1.82) is 0 Å². The summed E-state index contributed by atoms with van der Waals surface area (Å²) in [6, 6.07) is 9.01. The van der Waals surface area contributed by atoms with Gasteiger partial charge in [0.2, 0.25) is 0 Å². The van der Waals surface area contributed by atoms with Gasteiger partial charge >= 0.3 is 6.09 Å². The molecular formula is C16H23NO3. The molecule has 1 aromatic carbocycles. The van der Waals surface area contributed by atoms with Crippen LogP contribution in [0.5, 0.6) is 5.75 Å². The molecule has 0 aliphatic carbocycles. The summed E-state index contributed by atoms with van der Waals surface area (Å²) in [5, 5.41) is 2.72. The summed E-state index contributed by atoms with van der Waals surface area (Å²) in [6.07, 6.45) is 5.41. The van der Waals surface area contributed by atoms with E-state index < -0.39 is 6.09 Å². The minimum Gasteiger partial charge on any atom is -0.410 e. The Morgan fingerprint density at radius 2 is 1.65 bits per heavy atom. The maximum Gasteiger partial charge on any atom is 0.412 e. The Kier molecular flexibility index (Phi) is 8.11. The van der Waals surface area contributed by atoms with Crippen LogP contribution in [0.3, 0.4) is 0 Å². The normalized spacial score (nSPS) is 10.1. The molecule has 1 N–H and O–H groups in total. The summed E-state index contributed by atoms with van der Waals surface area (Å²) in [7, 11) is 0. The number of amides is 1. The number of nitrogens with one attached hydrogen (secondary N) is 1. The number of carbonyl (C=O) groups is 2. The lowest BCUT2D eigenvalue weighted by molar-refractivity contribution is -0.117. The van der Waals surface area contributed by atoms with Crippen molar-refractivity contribution in [2.75, 3.05) is 6.54 Å². The van der Waals surface area contributed by atoms with Crippen LogP contribution in [0.25, 0.3) is 0 Å². The van der Waals surface area contributed by atoms with Crippen molar-refractivity contribution in [2.24, 2.45) is 0 Å². The Hall–Kier alpha value is -1.84. The van der Waals surface area contributed by atoms with E-state index in [1.807, 2.05) is 18.2 Å². The van der Waals surface area contributed by atoms with E-state index in [4.69, 9.17) is 4.74 Å². The standard InChI is InChI=1S/C16H23NO3/c1-14(18)10-6-3-2-4-9-13-17-16(19)20-15-11-7-5-8-12-15/h5,7-8,11-12H,2-4,6,9-10,13H2,1H3,(H,17,19). The van der Waals surface area contributed by atoms with Crippen LogP contribution in [0, 0.1) is 0 Å². The molecular weight excluding hydrogens is 254 g/mol. The summed E-state index contributed by atoms with van der Waals surface area (Å²) >= 11 is 0. The van der Waals surface area contributed by atoms with Gasteiger partial charge in [0.05, 0.1) is 0 Å². The van der Waals surface area contributed by atoms with Gasteiger partial charge in [-0.15, -0.1) is 0 Å². The highest BCUT2D eigenvalue weighted by molar-refractivity contribution is 5.75. The number of Topliss-reactive ketones (excluding diaryl/α,β-unsaturated/α-hetero) is 1. The third-order valence-electron chi connectivity index (χ3n) is 2.93. The predicted molar refractivity (Wildman–Crippen MR) is 78.9 cm³/mol. The largest absolute Gasteiger partial charge is 0.412 e. The molecule has 4 nitrogen and oxygen atoms in total. The monoisotopic (exact) mass is 277 g/mol. The van der Waals surface area contributed by atoms with Crippen molar-refractivity contribution in [3.63, 3.8) is 0 Å². The highest BCUT2D eigenvalue weighted by Crippen LogP contribution is 2.08. The highest BCUT2D eigenvalue weighted by atomic mass is 16.5. The molecule has 4 heteroatoms. The average Bonchev–Trinajstić information content (AvgIpc) is 2.42. The molecule has 0 heterocycles. The van der Waals surface area contributed by atoms with Crippen molar-refractivity contribution in [3.05, 3.63) is 30.3 Å². The number of hydrogen-bond donors (Lipinski definition) is 1. The zero-order chi connectivity index (χ0) is 14.6. The number of para-hydroxylation sites is 1. The van der Waals surface area contributed by atoms with Crippen molar-refractivity contribution in [2.45, 2.75) is 45.4 Å². The molecule has 0 aromatic heterocycles. The van der Waals surface area contributed by atoms with E-state index in [9.17, 15) is 9.59 Å². The predicted octanol–water partition coefficient (Wildman–Crippen LogP) is 3.70. The van der Waals surface area contributed by atoms with E-state index in [-0.39, 0.29) is 5.78 Å². The van der Waals surface area contributed by atoms with Gasteiger partial charge in [-0.1, -0.05) is 37.5 Å². The quantitative estimate of drug-likeness (QED) is 0.700. The molecule has 0 aliphatic rings. The third-order valence-corrected chi connectivity index (χ3v) is 2.93. The van der Waals surface area contributed by atoms with E-state index >= 15 is 0 Å². The first kappa shape index (κ1) is 16.2. The summed E-state index contributed by atoms with van der Waals surface area (Å²) < 4.78 is 5.10. The van der Waals surface area contributed by atoms with Crippen LogP contribution in [-0.4, -0.2) is 18.4 Å². The van der Waals surface area contributed by atoms with Gasteiger partial charge in [-0.2, -0.15) is 0 Å². The second kappa shape index (κ2) is 10.0. The molecule has 1 rings (SSSR count). The van der Waals surface area contributed by atoms with Crippen LogP contribution in [0.1, 0.15) is 45.4 Å². The van der Waals surface area contributed by atoms with Gasteiger partial charge in [0.25, 0.3) is 0 Å². The minimum absolute atomic E-state index is 0.260. The summed E-state index contributed by atoms with van der Waals surface area (Å²) in [5.41, 5.74) is 0. The second-order valence-corrected chi connectivity index (χ2v) is 4.85. The van der Waals surface area contributed by atoms with Crippen molar-refractivity contribution < 1.29 is 14.3 Å². The molecule has 0 bridgehead atoms. The van der Waals surface area contributed by atoms with Gasteiger partial charge in [-0.25, -0.2) is 4.79 Å². The number of ether oxygens (including phenoxy) is 1. The van der Waals surface area contributed by atoms with Gasteiger partial charge < -0.3 is 14.8 Å². The average molecular weight is 277 g/mol. The fourth-order valence-corrected chi connectivity index (χ4v) is 1.85. The first-order valence-corrected chi connectivity index (χ1v) is 7.18. The molecule has 0 atom stereocenters. The van der Waals surface area contributed by atoms with Gasteiger partial charge in [0.1, 0.15) is 11.5 Å². The zero-order valence-corrected chi connectivity index (χ0v) is 12.1. The Balaban J connectivity index is 1.96. The maximum absolute atomic E-state index is 11.5. The molecule has 1 aromatic rings. The minimum atomic E-state index is -0.409. The number of unbranched alkanes of at least 4 members (excludes halogenated alkanes) is 4. The molecule has 0 spiro atoms. The first-order valence-electron chi connectivity index (χ1n) is 7.18. The van der Waals surface area contributed by atoms with Gasteiger partial charge in [0.15, 0.2) is 0 Å². The highest BCUT2D eigenvalue weighted by Gasteiger charge is 2.02. The van der Waals surface area contributed by atoms with Crippen LogP contribution < -0.4 is 10.1 Å². The number of rotatable bonds is 9. The van der Waals surface area contributed by atoms with E-state index in [2.05, 4.69) is 5.32 Å². The van der Waals surface area contributed by atoms with Crippen LogP contribution in [0.15, 0.2) is 30.3 Å². The molecule has 110 valence electrons. The molecule has 0 unspecified atom stereocenters. The van der Waals surface area contributed by atoms with Crippen molar-refractivity contribution >= 4 is 11.9 Å². The summed E-state index contributed by atoms with van der Waals surface area (Å²) in [5.74, 6) is 0.810. The van der Waals surface area contributed by atoms with Crippen molar-refractivity contribution in [1.82, 2.24) is 5.32 Å². The summed E-state index contributed by atoms with van der Waals surface area (Å²) in [4.78, 5) is 22.2. The molecule has 1 amide bonds. The number of carbonyl (C=O) groups excluding carboxylic acids is 2. The van der Waals surface area contributed by atoms with Crippen molar-refractivity contribution in [3.8, 4) is 5.75 Å². The molecule has 0 saturated carbocycles. The van der Waals surface area contributed by atoms with E-state index in [0.717, 1.165) is 32.1 Å². The lowest BCUT2D eigenvalue weighted by Crippen LogP contribution is -2.27. The van der Waals surface area contributed by atoms with Crippen LogP contribution in [0.4, 0.5) is 4.79 Å². The number of hydrogen-bond acceptors (Lipinski definition) is 3. The van der Waals surface area contributed by atoms with E-state index in [1.165, 1.54) is 0 Å². The van der Waals surface area contributed by atoms with E-state index in [1.54, 1.807) is 19.1 Å². The zero-order valence-electron chi connectivity index (χ0n) is 12.1. The van der Waals surface area contributed by atoms with E-state index in [0.29, 0.717) is 18.7 Å². The van der Waals surface area contributed by atoms with Crippen LogP contribution in [-0.2, 0) is 4.79 Å². The summed E-state index contributed by atoms with van der Waals surface area (Å²) in [6.45, 7) is 2.25. The Labute approximate surface area is 120 Å². The Bertz CT molecular complexity index is 403. The SMILES string of the molecule is CC(=O)CCCCCCCNC(=O)Oc1ccccc1. The Morgan fingerprint density at radius 1 is 1.00 bits per heavy atom. The Morgan fingerprint density at radius 3 is 2.35 bits per heavy atom. The molecule has 0 radical (unpaired) electrons. The number of ketones is 1. The number of benzene rings is 1. The van der Waals surface area contributed by atoms with Gasteiger partial charge in [-0.3, -0.25) is 0 Å². The van der Waals surface area contributed by atoms with Gasteiger partial charge in [0, 0.05) is 13.0 Å².